The Kier molecular flexibility index (Phi) is 5.33. The maximum absolute atomic E-state index is 11.7. The molecular formula is C16H20N2O2S. The summed E-state index contributed by atoms with van der Waals surface area (Å²) in [5.74, 6) is -0.266. The van der Waals surface area contributed by atoms with E-state index in [0.29, 0.717) is 12.2 Å². The van der Waals surface area contributed by atoms with E-state index < -0.39 is 0 Å². The minimum Gasteiger partial charge on any atom is -0.462 e. The number of thiazole rings is 1. The number of esters is 1. The van der Waals surface area contributed by atoms with Gasteiger partial charge in [0.05, 0.1) is 29.4 Å². The molecule has 0 fully saturated rings. The molecule has 0 saturated heterocycles. The predicted octanol–water partition coefficient (Wildman–Crippen LogP) is 3.94. The monoisotopic (exact) mass is 304 g/mol. The molecule has 1 aromatic heterocycles. The largest absolute Gasteiger partial charge is 0.462 e. The lowest BCUT2D eigenvalue weighted by molar-refractivity contribution is 0.0505. The van der Waals surface area contributed by atoms with E-state index in [1.165, 1.54) is 4.88 Å². The Labute approximate surface area is 129 Å². The van der Waals surface area contributed by atoms with Crippen molar-refractivity contribution in [2.24, 2.45) is 0 Å². The lowest BCUT2D eigenvalue weighted by Crippen LogP contribution is -2.06. The minimum absolute atomic E-state index is 0.266. The topological polar surface area (TPSA) is 51.2 Å². The first-order valence-electron chi connectivity index (χ1n) is 7.04. The summed E-state index contributed by atoms with van der Waals surface area (Å²) in [4.78, 5) is 17.3. The maximum Gasteiger partial charge on any atom is 0.338 e. The van der Waals surface area contributed by atoms with Gasteiger partial charge in [-0.2, -0.15) is 0 Å². The van der Waals surface area contributed by atoms with Crippen LogP contribution in [-0.2, 0) is 11.3 Å². The molecule has 1 N–H and O–H groups in total. The van der Waals surface area contributed by atoms with Crippen molar-refractivity contribution in [2.45, 2.75) is 33.7 Å². The first-order chi connectivity index (χ1) is 10.1. The molecule has 1 aromatic carbocycles. The minimum atomic E-state index is -0.266. The third-order valence-electron chi connectivity index (χ3n) is 3.01. The van der Waals surface area contributed by atoms with Crippen molar-refractivity contribution >= 4 is 23.0 Å². The summed E-state index contributed by atoms with van der Waals surface area (Å²) in [6.45, 7) is 7.22. The molecule has 0 atom stereocenters. The van der Waals surface area contributed by atoms with Crippen LogP contribution in [0.5, 0.6) is 0 Å². The lowest BCUT2D eigenvalue weighted by Gasteiger charge is -2.07. The molecule has 2 rings (SSSR count). The van der Waals surface area contributed by atoms with E-state index in [1.54, 1.807) is 23.5 Å². The fourth-order valence-corrected chi connectivity index (χ4v) is 2.80. The average Bonchev–Trinajstić information content (AvgIpc) is 2.81. The molecule has 0 radical (unpaired) electrons. The van der Waals surface area contributed by atoms with Crippen molar-refractivity contribution in [1.82, 2.24) is 4.98 Å². The molecule has 1 heterocycles. The smallest absolute Gasteiger partial charge is 0.338 e. The number of hydrogen-bond acceptors (Lipinski definition) is 5. The van der Waals surface area contributed by atoms with Gasteiger partial charge in [-0.25, -0.2) is 9.78 Å². The van der Waals surface area contributed by atoms with Gasteiger partial charge in [0.25, 0.3) is 0 Å². The summed E-state index contributed by atoms with van der Waals surface area (Å²) >= 11 is 1.70. The number of rotatable bonds is 6. The Balaban J connectivity index is 1.93. The number of nitrogens with one attached hydrogen (secondary N) is 1. The van der Waals surface area contributed by atoms with Gasteiger partial charge in [0.2, 0.25) is 0 Å². The molecule has 0 saturated carbocycles. The van der Waals surface area contributed by atoms with Crippen molar-refractivity contribution in [2.75, 3.05) is 11.9 Å². The maximum atomic E-state index is 11.7. The summed E-state index contributed by atoms with van der Waals surface area (Å²) in [5.41, 5.74) is 2.64. The molecule has 21 heavy (non-hydrogen) atoms. The highest BCUT2D eigenvalue weighted by Crippen LogP contribution is 2.19. The summed E-state index contributed by atoms with van der Waals surface area (Å²) in [6.07, 6.45) is 0.832. The molecule has 0 unspecified atom stereocenters. The van der Waals surface area contributed by atoms with E-state index in [2.05, 4.69) is 10.3 Å². The average molecular weight is 304 g/mol. The standard InChI is InChI=1S/C16H20N2O2S/c1-4-9-20-16(19)13-5-7-14(8-6-13)17-10-15-11(2)18-12(3)21-15/h5-8,17H,4,9-10H2,1-3H3. The van der Waals surface area contributed by atoms with E-state index in [0.717, 1.165) is 29.4 Å². The van der Waals surface area contributed by atoms with Gasteiger partial charge >= 0.3 is 5.97 Å². The van der Waals surface area contributed by atoms with Crippen molar-refractivity contribution in [3.63, 3.8) is 0 Å². The zero-order chi connectivity index (χ0) is 15.2. The van der Waals surface area contributed by atoms with Crippen LogP contribution >= 0.6 is 11.3 Å². The first-order valence-corrected chi connectivity index (χ1v) is 7.85. The number of aryl methyl sites for hydroxylation is 2. The van der Waals surface area contributed by atoms with Crippen molar-refractivity contribution in [3.05, 3.63) is 45.4 Å². The van der Waals surface area contributed by atoms with Crippen LogP contribution in [0.15, 0.2) is 24.3 Å². The van der Waals surface area contributed by atoms with Crippen molar-refractivity contribution < 1.29 is 9.53 Å². The van der Waals surface area contributed by atoms with Crippen LogP contribution in [0.3, 0.4) is 0 Å². The molecule has 0 aliphatic rings. The number of benzene rings is 1. The molecule has 0 amide bonds. The number of anilines is 1. The summed E-state index contributed by atoms with van der Waals surface area (Å²) in [7, 11) is 0. The van der Waals surface area contributed by atoms with Crippen LogP contribution in [0, 0.1) is 13.8 Å². The van der Waals surface area contributed by atoms with E-state index in [9.17, 15) is 4.79 Å². The lowest BCUT2D eigenvalue weighted by atomic mass is 10.2. The zero-order valence-electron chi connectivity index (χ0n) is 12.6. The third-order valence-corrected chi connectivity index (χ3v) is 4.08. The normalized spacial score (nSPS) is 10.4. The quantitative estimate of drug-likeness (QED) is 0.821. The summed E-state index contributed by atoms with van der Waals surface area (Å²) in [6, 6.07) is 7.35. The zero-order valence-corrected chi connectivity index (χ0v) is 13.4. The molecule has 5 heteroatoms. The van der Waals surface area contributed by atoms with E-state index in [4.69, 9.17) is 4.74 Å². The molecule has 112 valence electrons. The molecular weight excluding hydrogens is 284 g/mol. The Morgan fingerprint density at radius 2 is 2.00 bits per heavy atom. The van der Waals surface area contributed by atoms with Crippen molar-refractivity contribution in [3.8, 4) is 0 Å². The molecule has 4 nitrogen and oxygen atoms in total. The van der Waals surface area contributed by atoms with Gasteiger partial charge in [0.15, 0.2) is 0 Å². The molecule has 0 aliphatic heterocycles. The molecule has 0 bridgehead atoms. The molecule has 0 aliphatic carbocycles. The van der Waals surface area contributed by atoms with Crippen LogP contribution < -0.4 is 5.32 Å². The first kappa shape index (κ1) is 15.5. The second-order valence-corrected chi connectivity index (χ2v) is 6.10. The Morgan fingerprint density at radius 1 is 1.29 bits per heavy atom. The van der Waals surface area contributed by atoms with Gasteiger partial charge < -0.3 is 10.1 Å². The Hall–Kier alpha value is -1.88. The van der Waals surface area contributed by atoms with Gasteiger partial charge in [-0.3, -0.25) is 0 Å². The fourth-order valence-electron chi connectivity index (χ4n) is 1.92. The molecule has 0 spiro atoms. The van der Waals surface area contributed by atoms with Gasteiger partial charge in [0.1, 0.15) is 0 Å². The number of hydrogen-bond donors (Lipinski definition) is 1. The van der Waals surface area contributed by atoms with Crippen LogP contribution in [0.25, 0.3) is 0 Å². The van der Waals surface area contributed by atoms with E-state index in [-0.39, 0.29) is 5.97 Å². The van der Waals surface area contributed by atoms with Gasteiger partial charge in [0, 0.05) is 10.6 Å². The predicted molar refractivity (Wildman–Crippen MR) is 85.9 cm³/mol. The Morgan fingerprint density at radius 3 is 2.57 bits per heavy atom. The van der Waals surface area contributed by atoms with Gasteiger partial charge in [-0.1, -0.05) is 6.92 Å². The van der Waals surface area contributed by atoms with Crippen molar-refractivity contribution in [1.29, 1.82) is 0 Å². The highest BCUT2D eigenvalue weighted by molar-refractivity contribution is 7.11. The summed E-state index contributed by atoms with van der Waals surface area (Å²) in [5, 5.41) is 4.42. The van der Waals surface area contributed by atoms with Crippen LogP contribution in [0.1, 0.15) is 39.3 Å². The number of aromatic nitrogens is 1. The van der Waals surface area contributed by atoms with Gasteiger partial charge in [-0.05, 0) is 44.5 Å². The number of ether oxygens (including phenoxy) is 1. The number of carbonyl (C=O) groups excluding carboxylic acids is 1. The molecule has 2 aromatic rings. The van der Waals surface area contributed by atoms with Crippen LogP contribution in [0.4, 0.5) is 5.69 Å². The number of carbonyl (C=O) groups is 1. The highest BCUT2D eigenvalue weighted by Gasteiger charge is 2.07. The fraction of sp³-hybridized carbons (Fsp3) is 0.375. The van der Waals surface area contributed by atoms with Gasteiger partial charge in [-0.15, -0.1) is 11.3 Å². The SMILES string of the molecule is CCCOC(=O)c1ccc(NCc2sc(C)nc2C)cc1. The Bertz CT molecular complexity index is 605. The second kappa shape index (κ2) is 7.22. The van der Waals surface area contributed by atoms with E-state index in [1.807, 2.05) is 32.9 Å². The number of nitrogens with zero attached hydrogens (tertiary/aromatic N) is 1. The summed E-state index contributed by atoms with van der Waals surface area (Å²) < 4.78 is 5.10. The van der Waals surface area contributed by atoms with E-state index >= 15 is 0 Å². The highest BCUT2D eigenvalue weighted by atomic mass is 32.1. The second-order valence-electron chi connectivity index (χ2n) is 4.81. The van der Waals surface area contributed by atoms with Crippen LogP contribution in [-0.4, -0.2) is 17.6 Å². The third kappa shape index (κ3) is 4.29. The van der Waals surface area contributed by atoms with Crippen LogP contribution in [0.2, 0.25) is 0 Å².